The number of para-hydroxylation sites is 3. The van der Waals surface area contributed by atoms with Crippen molar-refractivity contribution in [1.29, 1.82) is 0 Å². The van der Waals surface area contributed by atoms with E-state index in [1.54, 1.807) is 26.4 Å². The number of benzene rings is 2. The van der Waals surface area contributed by atoms with Crippen molar-refractivity contribution in [3.8, 4) is 11.5 Å². The average molecular weight is 507 g/mol. The van der Waals surface area contributed by atoms with Crippen LogP contribution in [-0.4, -0.2) is 73.4 Å². The standard InChI is InChI=1S/C28H34N4O5/c1-4-37-25-14-8-6-11-22(25)29-28(34)31(18-19-35-2)20-26(33)32-17-16-30-15-9-12-23(30)27(32)21-10-5-7-13-24(21)36-3/h5-15,27H,4,16-20H2,1-3H3,(H,29,34). The summed E-state index contributed by atoms with van der Waals surface area (Å²) in [4.78, 5) is 30.4. The van der Waals surface area contributed by atoms with Crippen LogP contribution in [0.3, 0.4) is 0 Å². The van der Waals surface area contributed by atoms with Crippen LogP contribution < -0.4 is 14.8 Å². The number of nitrogens with zero attached hydrogens (tertiary/aromatic N) is 3. The Morgan fingerprint density at radius 2 is 1.76 bits per heavy atom. The van der Waals surface area contributed by atoms with Crippen LogP contribution in [-0.2, 0) is 16.1 Å². The zero-order valence-corrected chi connectivity index (χ0v) is 21.6. The lowest BCUT2D eigenvalue weighted by atomic mass is 9.98. The molecule has 1 aromatic heterocycles. The monoisotopic (exact) mass is 506 g/mol. The van der Waals surface area contributed by atoms with Crippen LogP contribution in [0.25, 0.3) is 0 Å². The molecule has 0 spiro atoms. The Hall–Kier alpha value is -3.98. The molecule has 1 aliphatic heterocycles. The molecule has 2 aromatic carbocycles. The minimum absolute atomic E-state index is 0.0989. The van der Waals surface area contributed by atoms with Crippen molar-refractivity contribution in [3.63, 3.8) is 0 Å². The van der Waals surface area contributed by atoms with Gasteiger partial charge in [0.15, 0.2) is 0 Å². The first kappa shape index (κ1) is 26.1. The van der Waals surface area contributed by atoms with E-state index in [2.05, 4.69) is 9.88 Å². The van der Waals surface area contributed by atoms with Gasteiger partial charge >= 0.3 is 6.03 Å². The highest BCUT2D eigenvalue weighted by Crippen LogP contribution is 2.37. The number of anilines is 1. The Morgan fingerprint density at radius 1 is 1.00 bits per heavy atom. The van der Waals surface area contributed by atoms with Crippen molar-refractivity contribution < 1.29 is 23.8 Å². The van der Waals surface area contributed by atoms with Gasteiger partial charge in [-0.3, -0.25) is 4.79 Å². The fourth-order valence-electron chi connectivity index (χ4n) is 4.63. The summed E-state index contributed by atoms with van der Waals surface area (Å²) in [7, 11) is 3.20. The summed E-state index contributed by atoms with van der Waals surface area (Å²) >= 11 is 0. The number of carbonyl (C=O) groups excluding carboxylic acids is 2. The molecule has 2 heterocycles. The van der Waals surface area contributed by atoms with Crippen LogP contribution in [0, 0.1) is 0 Å². The molecular weight excluding hydrogens is 472 g/mol. The molecule has 0 bridgehead atoms. The highest BCUT2D eigenvalue weighted by atomic mass is 16.5. The van der Waals surface area contributed by atoms with Crippen molar-refractivity contribution in [2.75, 3.05) is 52.4 Å². The van der Waals surface area contributed by atoms with Crippen LogP contribution in [0.1, 0.15) is 24.2 Å². The average Bonchev–Trinajstić information content (AvgIpc) is 3.40. The molecule has 0 fully saturated rings. The summed E-state index contributed by atoms with van der Waals surface area (Å²) in [5.74, 6) is 1.12. The van der Waals surface area contributed by atoms with E-state index >= 15 is 0 Å². The Kier molecular flexibility index (Phi) is 8.68. The summed E-state index contributed by atoms with van der Waals surface area (Å²) in [6, 6.07) is 18.2. The van der Waals surface area contributed by atoms with Gasteiger partial charge in [-0.2, -0.15) is 0 Å². The second-order valence-corrected chi connectivity index (χ2v) is 8.63. The Labute approximate surface area is 217 Å². The highest BCUT2D eigenvalue weighted by Gasteiger charge is 2.35. The maximum atomic E-state index is 13.8. The number of hydrogen-bond donors (Lipinski definition) is 1. The normalized spacial score (nSPS) is 14.6. The molecule has 1 N–H and O–H groups in total. The first-order chi connectivity index (χ1) is 18.1. The van der Waals surface area contributed by atoms with Crippen molar-refractivity contribution in [2.45, 2.75) is 19.5 Å². The van der Waals surface area contributed by atoms with E-state index in [9.17, 15) is 9.59 Å². The van der Waals surface area contributed by atoms with Gasteiger partial charge in [0.05, 0.1) is 26.0 Å². The topological polar surface area (TPSA) is 85.3 Å². The van der Waals surface area contributed by atoms with Crippen LogP contribution >= 0.6 is 0 Å². The van der Waals surface area contributed by atoms with Gasteiger partial charge < -0.3 is 33.9 Å². The number of aromatic nitrogens is 1. The highest BCUT2D eigenvalue weighted by molar-refractivity contribution is 5.93. The Balaban J connectivity index is 1.58. The van der Waals surface area contributed by atoms with E-state index < -0.39 is 6.03 Å². The van der Waals surface area contributed by atoms with Gasteiger partial charge in [-0.15, -0.1) is 0 Å². The fraction of sp³-hybridized carbons (Fsp3) is 0.357. The van der Waals surface area contributed by atoms with Gasteiger partial charge in [0.25, 0.3) is 0 Å². The number of carbonyl (C=O) groups is 2. The number of hydrogen-bond acceptors (Lipinski definition) is 5. The smallest absolute Gasteiger partial charge is 0.322 e. The predicted molar refractivity (Wildman–Crippen MR) is 141 cm³/mol. The molecule has 1 atom stereocenters. The molecule has 0 saturated heterocycles. The molecular formula is C28H34N4O5. The molecule has 1 aliphatic rings. The van der Waals surface area contributed by atoms with Crippen LogP contribution in [0.2, 0.25) is 0 Å². The number of amides is 3. The first-order valence-electron chi connectivity index (χ1n) is 12.4. The molecule has 4 rings (SSSR count). The number of ether oxygens (including phenoxy) is 3. The Morgan fingerprint density at radius 3 is 2.51 bits per heavy atom. The zero-order chi connectivity index (χ0) is 26.2. The molecule has 196 valence electrons. The van der Waals surface area contributed by atoms with Gasteiger partial charge in [-0.05, 0) is 37.3 Å². The maximum Gasteiger partial charge on any atom is 0.322 e. The molecule has 0 saturated carbocycles. The summed E-state index contributed by atoms with van der Waals surface area (Å²) in [6.07, 6.45) is 2.02. The third-order valence-electron chi connectivity index (χ3n) is 6.40. The number of methoxy groups -OCH3 is 2. The van der Waals surface area contributed by atoms with E-state index in [1.165, 1.54) is 4.90 Å². The SMILES string of the molecule is CCOc1ccccc1NC(=O)N(CCOC)CC(=O)N1CCn2cccc2C1c1ccccc1OC. The fourth-order valence-corrected chi connectivity index (χ4v) is 4.63. The molecule has 3 aromatic rings. The van der Waals surface area contributed by atoms with Gasteiger partial charge in [0.2, 0.25) is 5.91 Å². The van der Waals surface area contributed by atoms with Crippen LogP contribution in [0.5, 0.6) is 11.5 Å². The first-order valence-corrected chi connectivity index (χ1v) is 12.4. The minimum Gasteiger partial charge on any atom is -0.496 e. The van der Waals surface area contributed by atoms with E-state index in [0.717, 1.165) is 11.3 Å². The minimum atomic E-state index is -0.397. The third kappa shape index (κ3) is 5.89. The number of fused-ring (bicyclic) bond motifs is 1. The molecule has 37 heavy (non-hydrogen) atoms. The van der Waals surface area contributed by atoms with E-state index in [-0.39, 0.29) is 25.0 Å². The lowest BCUT2D eigenvalue weighted by Gasteiger charge is -2.38. The van der Waals surface area contributed by atoms with Gasteiger partial charge in [-0.25, -0.2) is 4.79 Å². The Bertz CT molecular complexity index is 1210. The summed E-state index contributed by atoms with van der Waals surface area (Å²) in [6.45, 7) is 4.00. The molecule has 9 nitrogen and oxygen atoms in total. The lowest BCUT2D eigenvalue weighted by molar-refractivity contribution is -0.134. The summed E-state index contributed by atoms with van der Waals surface area (Å²) < 4.78 is 18.7. The number of rotatable bonds is 10. The van der Waals surface area contributed by atoms with Crippen molar-refractivity contribution in [3.05, 3.63) is 78.1 Å². The van der Waals surface area contributed by atoms with Gasteiger partial charge in [-0.1, -0.05) is 30.3 Å². The number of urea groups is 1. The molecule has 9 heteroatoms. The predicted octanol–water partition coefficient (Wildman–Crippen LogP) is 4.01. The number of nitrogens with one attached hydrogen (secondary N) is 1. The largest absolute Gasteiger partial charge is 0.496 e. The van der Waals surface area contributed by atoms with Crippen molar-refractivity contribution >= 4 is 17.6 Å². The van der Waals surface area contributed by atoms with Gasteiger partial charge in [0.1, 0.15) is 24.1 Å². The van der Waals surface area contributed by atoms with Gasteiger partial charge in [0, 0.05) is 44.2 Å². The van der Waals surface area contributed by atoms with E-state index in [4.69, 9.17) is 14.2 Å². The molecule has 1 unspecified atom stereocenters. The van der Waals surface area contributed by atoms with Crippen molar-refractivity contribution in [1.82, 2.24) is 14.4 Å². The summed E-state index contributed by atoms with van der Waals surface area (Å²) in [5, 5.41) is 2.90. The molecule has 0 radical (unpaired) electrons. The van der Waals surface area contributed by atoms with E-state index in [0.29, 0.717) is 43.5 Å². The van der Waals surface area contributed by atoms with Crippen LogP contribution in [0.15, 0.2) is 66.9 Å². The second-order valence-electron chi connectivity index (χ2n) is 8.63. The van der Waals surface area contributed by atoms with E-state index in [1.807, 2.05) is 66.6 Å². The quantitative estimate of drug-likeness (QED) is 0.449. The summed E-state index contributed by atoms with van der Waals surface area (Å²) in [5.41, 5.74) is 2.45. The molecule has 0 aliphatic carbocycles. The maximum absolute atomic E-state index is 13.8. The molecule has 3 amide bonds. The lowest BCUT2D eigenvalue weighted by Crippen LogP contribution is -2.49. The second kappa shape index (κ2) is 12.3. The third-order valence-corrected chi connectivity index (χ3v) is 6.40. The van der Waals surface area contributed by atoms with Crippen molar-refractivity contribution in [2.24, 2.45) is 0 Å². The van der Waals surface area contributed by atoms with Crippen LogP contribution in [0.4, 0.5) is 10.5 Å². The zero-order valence-electron chi connectivity index (χ0n) is 21.6.